The van der Waals surface area contributed by atoms with E-state index in [9.17, 15) is 14.4 Å². The van der Waals surface area contributed by atoms with Gasteiger partial charge >= 0.3 is 0 Å². The van der Waals surface area contributed by atoms with E-state index in [1.54, 1.807) is 6.07 Å². The van der Waals surface area contributed by atoms with Gasteiger partial charge in [-0.05, 0) is 48.9 Å². The zero-order chi connectivity index (χ0) is 21.6. The van der Waals surface area contributed by atoms with E-state index in [1.165, 1.54) is 0 Å². The quantitative estimate of drug-likeness (QED) is 0.674. The highest BCUT2D eigenvalue weighted by Gasteiger charge is 2.37. The number of nitrogens with two attached hydrogens (primary N) is 1. The molecular formula is C23H28N4O3. The fourth-order valence-electron chi connectivity index (χ4n) is 4.69. The number of hydrogen-bond donors (Lipinski definition) is 3. The lowest BCUT2D eigenvalue weighted by atomic mass is 9.75. The summed E-state index contributed by atoms with van der Waals surface area (Å²) in [6.07, 6.45) is 2.14. The number of carbonyl (C=O) groups excluding carboxylic acids is 3. The molecule has 2 bridgehead atoms. The molecule has 1 aliphatic carbocycles. The molecule has 2 aliphatic rings. The van der Waals surface area contributed by atoms with Crippen LogP contribution in [0.4, 0.5) is 5.69 Å². The maximum absolute atomic E-state index is 13.0. The lowest BCUT2D eigenvalue weighted by molar-refractivity contribution is -0.120. The molecule has 30 heavy (non-hydrogen) atoms. The Balaban J connectivity index is 1.99. The van der Waals surface area contributed by atoms with Crippen molar-refractivity contribution >= 4 is 23.3 Å². The maximum atomic E-state index is 13.0. The molecule has 2 heterocycles. The second-order valence-corrected chi connectivity index (χ2v) is 9.07. The van der Waals surface area contributed by atoms with Crippen LogP contribution in [0.2, 0.25) is 0 Å². The van der Waals surface area contributed by atoms with Crippen molar-refractivity contribution in [2.75, 3.05) is 18.4 Å². The van der Waals surface area contributed by atoms with E-state index in [2.05, 4.69) is 24.5 Å². The van der Waals surface area contributed by atoms with Crippen LogP contribution >= 0.6 is 0 Å². The van der Waals surface area contributed by atoms with Gasteiger partial charge in [-0.3, -0.25) is 14.4 Å². The number of aromatic nitrogens is 1. The van der Waals surface area contributed by atoms with Crippen LogP contribution in [0.15, 0.2) is 18.2 Å². The molecule has 4 rings (SSSR count). The Bertz CT molecular complexity index is 1060. The minimum atomic E-state index is -0.494. The Hall–Kier alpha value is -3.09. The van der Waals surface area contributed by atoms with Crippen LogP contribution in [0, 0.1) is 12.3 Å². The minimum absolute atomic E-state index is 0.0598. The predicted octanol–water partition coefficient (Wildman–Crippen LogP) is 2.51. The molecule has 2 amide bonds. The number of hydrogen-bond acceptors (Lipinski definition) is 4. The molecule has 0 saturated carbocycles. The van der Waals surface area contributed by atoms with E-state index < -0.39 is 5.91 Å². The number of primary amides is 1. The van der Waals surface area contributed by atoms with Crippen LogP contribution in [0.25, 0.3) is 5.69 Å². The van der Waals surface area contributed by atoms with Crippen molar-refractivity contribution in [1.82, 2.24) is 9.88 Å². The van der Waals surface area contributed by atoms with Gasteiger partial charge in [0.25, 0.3) is 5.91 Å². The average molecular weight is 409 g/mol. The van der Waals surface area contributed by atoms with Gasteiger partial charge in [0, 0.05) is 47.8 Å². The van der Waals surface area contributed by atoms with E-state index >= 15 is 0 Å². The number of amides is 2. The average Bonchev–Trinajstić information content (AvgIpc) is 2.90. The summed E-state index contributed by atoms with van der Waals surface area (Å²) in [6.45, 7) is 7.24. The van der Waals surface area contributed by atoms with E-state index in [4.69, 9.17) is 5.73 Å². The Labute approximate surface area is 176 Å². The molecule has 0 unspecified atom stereocenters. The Morgan fingerprint density at radius 2 is 1.83 bits per heavy atom. The highest BCUT2D eigenvalue weighted by molar-refractivity contribution is 6.01. The fourth-order valence-corrected chi connectivity index (χ4v) is 4.69. The van der Waals surface area contributed by atoms with Gasteiger partial charge in [0.2, 0.25) is 5.91 Å². The largest absolute Gasteiger partial charge is 0.384 e. The molecule has 2 aromatic rings. The molecular weight excluding hydrogens is 380 g/mol. The topological polar surface area (TPSA) is 106 Å². The van der Waals surface area contributed by atoms with Gasteiger partial charge in [-0.15, -0.1) is 0 Å². The standard InChI is InChI=1S/C23H28N4O3/c1-13-17-10-20(29)26-8-4-7-25-16-9-14(5-6-15(16)22(24)30)27(17)18-11-23(2,3)12-19(28)21(13)18/h5-6,9,25H,4,7-8,10-12H2,1-3H3,(H2,24,30)(H,26,29). The first kappa shape index (κ1) is 20.2. The molecule has 1 aliphatic heterocycles. The molecule has 1 aromatic heterocycles. The molecule has 0 fully saturated rings. The molecule has 1 aromatic carbocycles. The van der Waals surface area contributed by atoms with Gasteiger partial charge in [-0.1, -0.05) is 13.8 Å². The van der Waals surface area contributed by atoms with Crippen LogP contribution in [-0.2, 0) is 17.6 Å². The number of nitrogens with zero attached hydrogens (tertiary/aromatic N) is 1. The molecule has 0 atom stereocenters. The minimum Gasteiger partial charge on any atom is -0.384 e. The van der Waals surface area contributed by atoms with Crippen LogP contribution in [0.5, 0.6) is 0 Å². The second-order valence-electron chi connectivity index (χ2n) is 9.07. The maximum Gasteiger partial charge on any atom is 0.250 e. The Morgan fingerprint density at radius 3 is 2.57 bits per heavy atom. The zero-order valence-corrected chi connectivity index (χ0v) is 17.7. The lowest BCUT2D eigenvalue weighted by Crippen LogP contribution is -2.29. The van der Waals surface area contributed by atoms with Gasteiger partial charge in [0.1, 0.15) is 0 Å². The molecule has 0 spiro atoms. The molecule has 7 nitrogen and oxygen atoms in total. The smallest absolute Gasteiger partial charge is 0.250 e. The first-order chi connectivity index (χ1) is 14.2. The Morgan fingerprint density at radius 1 is 1.10 bits per heavy atom. The number of rotatable bonds is 1. The van der Waals surface area contributed by atoms with E-state index in [-0.39, 0.29) is 23.5 Å². The molecule has 7 heteroatoms. The zero-order valence-electron chi connectivity index (χ0n) is 17.7. The summed E-state index contributed by atoms with van der Waals surface area (Å²) in [7, 11) is 0. The second kappa shape index (κ2) is 7.31. The van der Waals surface area contributed by atoms with Crippen molar-refractivity contribution in [1.29, 1.82) is 0 Å². The molecule has 0 saturated heterocycles. The number of carbonyl (C=O) groups is 3. The third-order valence-corrected chi connectivity index (χ3v) is 6.05. The molecule has 4 N–H and O–H groups in total. The van der Waals surface area contributed by atoms with Crippen molar-refractivity contribution < 1.29 is 14.4 Å². The van der Waals surface area contributed by atoms with E-state index in [0.717, 1.165) is 41.0 Å². The fraction of sp³-hybridized carbons (Fsp3) is 0.435. The number of Topliss-reactive ketones (excluding diaryl/α,β-unsaturated/α-hetero) is 1. The van der Waals surface area contributed by atoms with Crippen LogP contribution in [-0.4, -0.2) is 35.3 Å². The first-order valence-corrected chi connectivity index (χ1v) is 10.4. The number of ketones is 1. The normalized spacial score (nSPS) is 18.2. The summed E-state index contributed by atoms with van der Waals surface area (Å²) in [5.41, 5.74) is 10.7. The van der Waals surface area contributed by atoms with Crippen LogP contribution in [0.1, 0.15) is 64.4 Å². The molecule has 158 valence electrons. The first-order valence-electron chi connectivity index (χ1n) is 10.4. The lowest BCUT2D eigenvalue weighted by Gasteiger charge is -2.30. The van der Waals surface area contributed by atoms with Gasteiger partial charge in [0.05, 0.1) is 12.0 Å². The van der Waals surface area contributed by atoms with E-state index in [1.807, 2.05) is 23.6 Å². The monoisotopic (exact) mass is 408 g/mol. The summed E-state index contributed by atoms with van der Waals surface area (Å²) >= 11 is 0. The summed E-state index contributed by atoms with van der Waals surface area (Å²) < 4.78 is 2.04. The van der Waals surface area contributed by atoms with Crippen LogP contribution in [0.3, 0.4) is 0 Å². The predicted molar refractivity (Wildman–Crippen MR) is 115 cm³/mol. The number of fused-ring (bicyclic) bond motifs is 6. The van der Waals surface area contributed by atoms with Gasteiger partial charge in [-0.25, -0.2) is 0 Å². The Kier molecular flexibility index (Phi) is 4.92. The molecule has 0 radical (unpaired) electrons. The van der Waals surface area contributed by atoms with Crippen LogP contribution < -0.4 is 16.4 Å². The summed E-state index contributed by atoms with van der Waals surface area (Å²) in [4.78, 5) is 37.6. The number of nitrogens with one attached hydrogen (secondary N) is 2. The van der Waals surface area contributed by atoms with Gasteiger partial charge < -0.3 is 20.9 Å². The summed E-state index contributed by atoms with van der Waals surface area (Å²) in [5, 5.41) is 6.23. The summed E-state index contributed by atoms with van der Waals surface area (Å²) in [5.74, 6) is -0.433. The van der Waals surface area contributed by atoms with Crippen molar-refractivity contribution in [3.63, 3.8) is 0 Å². The van der Waals surface area contributed by atoms with Crippen molar-refractivity contribution in [2.24, 2.45) is 11.1 Å². The highest BCUT2D eigenvalue weighted by Crippen LogP contribution is 2.40. The van der Waals surface area contributed by atoms with Crippen molar-refractivity contribution in [2.45, 2.75) is 46.5 Å². The van der Waals surface area contributed by atoms with Gasteiger partial charge in [-0.2, -0.15) is 0 Å². The SMILES string of the molecule is Cc1c2c(n3c1CC(=O)NCCCNc1cc-3ccc1C(N)=O)CC(C)(C)CC2=O. The van der Waals surface area contributed by atoms with Crippen molar-refractivity contribution in [3.8, 4) is 5.69 Å². The number of benzene rings is 1. The number of anilines is 1. The van der Waals surface area contributed by atoms with Crippen molar-refractivity contribution in [3.05, 3.63) is 46.3 Å². The third-order valence-electron chi connectivity index (χ3n) is 6.05. The summed E-state index contributed by atoms with van der Waals surface area (Å²) in [6, 6.07) is 5.45. The third kappa shape index (κ3) is 3.49. The van der Waals surface area contributed by atoms with E-state index in [0.29, 0.717) is 30.8 Å². The highest BCUT2D eigenvalue weighted by atomic mass is 16.2. The van der Waals surface area contributed by atoms with Gasteiger partial charge in [0.15, 0.2) is 5.78 Å².